The predicted octanol–water partition coefficient (Wildman–Crippen LogP) is 2.60. The van der Waals surface area contributed by atoms with Gasteiger partial charge in [0.1, 0.15) is 0 Å². The Bertz CT molecular complexity index is 241. The molecule has 0 aromatic carbocycles. The zero-order valence-corrected chi connectivity index (χ0v) is 9.90. The van der Waals surface area contributed by atoms with Crippen LogP contribution in [-0.2, 0) is 0 Å². The Balaban J connectivity index is 4.43. The molecule has 0 aliphatic carbocycles. The van der Waals surface area contributed by atoms with E-state index in [0.717, 1.165) is 19.0 Å². The molecule has 0 saturated heterocycles. The number of rotatable bonds is 6. The Morgan fingerprint density at radius 2 is 2.07 bits per heavy atom. The van der Waals surface area contributed by atoms with Crippen LogP contribution in [0.1, 0.15) is 20.8 Å². The van der Waals surface area contributed by atoms with Crippen LogP contribution in [0.4, 0.5) is 8.78 Å². The molecule has 0 atom stereocenters. The minimum atomic E-state index is -2.71. The lowest BCUT2D eigenvalue weighted by molar-refractivity contribution is 0.0253. The molecule has 0 radical (unpaired) electrons. The summed E-state index contributed by atoms with van der Waals surface area (Å²) in [4.78, 5) is 1.91. The number of nitrogens with one attached hydrogen (secondary N) is 1. The number of nitrogens with zero attached hydrogens (tertiary/aromatic N) is 1. The van der Waals surface area contributed by atoms with E-state index >= 15 is 0 Å². The quantitative estimate of drug-likeness (QED) is 0.689. The SMILES string of the molecule is C=C(C)/C(=C\N(C)CC)NCC(C)(F)F. The van der Waals surface area contributed by atoms with Crippen LogP contribution in [0.5, 0.6) is 0 Å². The number of hydrogen-bond acceptors (Lipinski definition) is 2. The average molecular weight is 218 g/mol. The topological polar surface area (TPSA) is 15.3 Å². The van der Waals surface area contributed by atoms with Crippen LogP contribution < -0.4 is 5.32 Å². The van der Waals surface area contributed by atoms with Gasteiger partial charge in [-0.15, -0.1) is 0 Å². The largest absolute Gasteiger partial charge is 0.379 e. The Labute approximate surface area is 90.7 Å². The average Bonchev–Trinajstić information content (AvgIpc) is 2.09. The van der Waals surface area contributed by atoms with Gasteiger partial charge < -0.3 is 10.2 Å². The molecule has 0 unspecified atom stereocenters. The van der Waals surface area contributed by atoms with Gasteiger partial charge in [0.05, 0.1) is 12.2 Å². The number of allylic oxidation sites excluding steroid dienone is 1. The van der Waals surface area contributed by atoms with Crippen LogP contribution in [0, 0.1) is 0 Å². The molecule has 0 bridgehead atoms. The van der Waals surface area contributed by atoms with Crippen molar-refractivity contribution < 1.29 is 8.78 Å². The van der Waals surface area contributed by atoms with Gasteiger partial charge >= 0.3 is 0 Å². The second kappa shape index (κ2) is 5.73. The third kappa shape index (κ3) is 6.94. The fourth-order valence-corrected chi connectivity index (χ4v) is 0.869. The third-order valence-electron chi connectivity index (χ3n) is 1.90. The van der Waals surface area contributed by atoms with Crippen molar-refractivity contribution in [2.75, 3.05) is 20.1 Å². The standard InChI is InChI=1S/C11H20F2N2/c1-6-15(5)7-10(9(2)3)14-8-11(4,12)13/h7,14H,2,6,8H2,1,3-5H3/b10-7+. The normalized spacial score (nSPS) is 12.5. The summed E-state index contributed by atoms with van der Waals surface area (Å²) in [5.74, 6) is -2.71. The maximum absolute atomic E-state index is 12.6. The van der Waals surface area contributed by atoms with Crippen LogP contribution in [0.15, 0.2) is 24.0 Å². The first-order chi connectivity index (χ1) is 6.76. The van der Waals surface area contributed by atoms with Crippen LogP contribution in [0.2, 0.25) is 0 Å². The van der Waals surface area contributed by atoms with Crippen molar-refractivity contribution in [2.45, 2.75) is 26.7 Å². The molecule has 0 aromatic rings. The van der Waals surface area contributed by atoms with E-state index in [0.29, 0.717) is 5.70 Å². The van der Waals surface area contributed by atoms with Gasteiger partial charge in [0, 0.05) is 26.7 Å². The summed E-state index contributed by atoms with van der Waals surface area (Å²) in [5, 5.41) is 2.69. The first-order valence-electron chi connectivity index (χ1n) is 4.96. The Hall–Kier alpha value is -1.06. The highest BCUT2D eigenvalue weighted by Gasteiger charge is 2.20. The van der Waals surface area contributed by atoms with E-state index in [1.54, 1.807) is 13.1 Å². The molecule has 0 amide bonds. The second-order valence-corrected chi connectivity index (χ2v) is 3.82. The van der Waals surface area contributed by atoms with Crippen LogP contribution in [0.3, 0.4) is 0 Å². The molecule has 88 valence electrons. The smallest absolute Gasteiger partial charge is 0.262 e. The summed E-state index contributed by atoms with van der Waals surface area (Å²) < 4.78 is 25.3. The monoisotopic (exact) mass is 218 g/mol. The molecule has 1 N–H and O–H groups in total. The summed E-state index contributed by atoms with van der Waals surface area (Å²) >= 11 is 0. The second-order valence-electron chi connectivity index (χ2n) is 3.82. The van der Waals surface area contributed by atoms with E-state index in [9.17, 15) is 8.78 Å². The van der Waals surface area contributed by atoms with Crippen molar-refractivity contribution >= 4 is 0 Å². The molecule has 0 spiro atoms. The van der Waals surface area contributed by atoms with E-state index in [-0.39, 0.29) is 6.54 Å². The maximum Gasteiger partial charge on any atom is 0.262 e. The first-order valence-corrected chi connectivity index (χ1v) is 4.96. The number of hydrogen-bond donors (Lipinski definition) is 1. The molecule has 2 nitrogen and oxygen atoms in total. The minimum absolute atomic E-state index is 0.372. The first kappa shape index (κ1) is 13.9. The van der Waals surface area contributed by atoms with Gasteiger partial charge in [0.25, 0.3) is 5.92 Å². The third-order valence-corrected chi connectivity index (χ3v) is 1.90. The highest BCUT2D eigenvalue weighted by molar-refractivity contribution is 5.24. The van der Waals surface area contributed by atoms with Crippen molar-refractivity contribution in [3.05, 3.63) is 24.0 Å². The predicted molar refractivity (Wildman–Crippen MR) is 59.8 cm³/mol. The summed E-state index contributed by atoms with van der Waals surface area (Å²) in [6, 6.07) is 0. The van der Waals surface area contributed by atoms with Crippen molar-refractivity contribution in [1.29, 1.82) is 0 Å². The van der Waals surface area contributed by atoms with Crippen LogP contribution >= 0.6 is 0 Å². The van der Waals surface area contributed by atoms with Crippen molar-refractivity contribution in [3.63, 3.8) is 0 Å². The Kier molecular flexibility index (Phi) is 5.33. The Morgan fingerprint density at radius 1 is 1.53 bits per heavy atom. The molecule has 4 heteroatoms. The molecule has 0 aliphatic rings. The number of alkyl halides is 2. The molecule has 15 heavy (non-hydrogen) atoms. The van der Waals surface area contributed by atoms with E-state index in [2.05, 4.69) is 11.9 Å². The Morgan fingerprint density at radius 3 is 2.40 bits per heavy atom. The lowest BCUT2D eigenvalue weighted by atomic mass is 10.2. The molecule has 0 rings (SSSR count). The van der Waals surface area contributed by atoms with Gasteiger partial charge in [0.2, 0.25) is 0 Å². The molecule has 0 heterocycles. The molecule has 0 aliphatic heterocycles. The molecule has 0 fully saturated rings. The highest BCUT2D eigenvalue weighted by Crippen LogP contribution is 2.12. The highest BCUT2D eigenvalue weighted by atomic mass is 19.3. The van der Waals surface area contributed by atoms with Gasteiger partial charge in [-0.25, -0.2) is 8.78 Å². The van der Waals surface area contributed by atoms with E-state index in [4.69, 9.17) is 0 Å². The van der Waals surface area contributed by atoms with Crippen molar-refractivity contribution in [1.82, 2.24) is 10.2 Å². The minimum Gasteiger partial charge on any atom is -0.379 e. The van der Waals surface area contributed by atoms with Gasteiger partial charge in [-0.3, -0.25) is 0 Å². The van der Waals surface area contributed by atoms with Gasteiger partial charge in [-0.1, -0.05) is 6.58 Å². The lowest BCUT2D eigenvalue weighted by Gasteiger charge is -2.18. The van der Waals surface area contributed by atoms with Crippen LogP contribution in [0.25, 0.3) is 0 Å². The molecular formula is C11H20F2N2. The zero-order chi connectivity index (χ0) is 12.1. The summed E-state index contributed by atoms with van der Waals surface area (Å²) in [6.07, 6.45) is 1.79. The van der Waals surface area contributed by atoms with Crippen molar-refractivity contribution in [3.8, 4) is 0 Å². The summed E-state index contributed by atoms with van der Waals surface area (Å²) in [6.45, 7) is 8.85. The number of halogens is 2. The van der Waals surface area contributed by atoms with E-state index in [1.165, 1.54) is 0 Å². The fraction of sp³-hybridized carbons (Fsp3) is 0.636. The van der Waals surface area contributed by atoms with E-state index in [1.807, 2.05) is 18.9 Å². The van der Waals surface area contributed by atoms with Gasteiger partial charge in [-0.05, 0) is 19.4 Å². The summed E-state index contributed by atoms with van der Waals surface area (Å²) in [5.41, 5.74) is 1.40. The fourth-order valence-electron chi connectivity index (χ4n) is 0.869. The van der Waals surface area contributed by atoms with Crippen LogP contribution in [-0.4, -0.2) is 31.0 Å². The van der Waals surface area contributed by atoms with Gasteiger partial charge in [-0.2, -0.15) is 0 Å². The zero-order valence-electron chi connectivity index (χ0n) is 9.90. The summed E-state index contributed by atoms with van der Waals surface area (Å²) in [7, 11) is 1.88. The molecular weight excluding hydrogens is 198 g/mol. The lowest BCUT2D eigenvalue weighted by Crippen LogP contribution is -2.30. The van der Waals surface area contributed by atoms with E-state index < -0.39 is 5.92 Å². The molecule has 0 saturated carbocycles. The maximum atomic E-state index is 12.6. The van der Waals surface area contributed by atoms with Crippen molar-refractivity contribution in [2.24, 2.45) is 0 Å². The van der Waals surface area contributed by atoms with Gasteiger partial charge in [0.15, 0.2) is 0 Å². The molecule has 0 aromatic heterocycles.